The number of aliphatic imine (C=N–C) groups is 1. The molecule has 1 aromatic carbocycles. The molecule has 0 aliphatic heterocycles. The van der Waals surface area contributed by atoms with Crippen LogP contribution in [0.5, 0.6) is 11.5 Å². The van der Waals surface area contributed by atoms with E-state index in [1.54, 1.807) is 37.6 Å². The number of benzene rings is 1. The Morgan fingerprint density at radius 1 is 1.30 bits per heavy atom. The number of alkyl halides is 2. The van der Waals surface area contributed by atoms with Crippen molar-refractivity contribution in [3.63, 3.8) is 0 Å². The number of guanidine groups is 1. The van der Waals surface area contributed by atoms with Gasteiger partial charge in [-0.2, -0.15) is 8.78 Å². The molecule has 30 heavy (non-hydrogen) atoms. The molecule has 0 fully saturated rings. The molecule has 11 heteroatoms. The van der Waals surface area contributed by atoms with Crippen LogP contribution in [0.1, 0.15) is 29.3 Å². The number of rotatable bonds is 9. The number of hydrogen-bond donors (Lipinski definition) is 1. The van der Waals surface area contributed by atoms with Crippen molar-refractivity contribution in [2.75, 3.05) is 28.3 Å². The summed E-state index contributed by atoms with van der Waals surface area (Å²) in [6.07, 6.45) is -0.0452. The number of hydrogen-bond acceptors (Lipinski definition) is 6. The van der Waals surface area contributed by atoms with E-state index in [0.29, 0.717) is 19.0 Å². The maximum atomic E-state index is 12.6. The van der Waals surface area contributed by atoms with Crippen molar-refractivity contribution in [2.45, 2.75) is 32.7 Å². The second-order valence-electron chi connectivity index (χ2n) is 6.18. The molecule has 0 aliphatic carbocycles. The van der Waals surface area contributed by atoms with Crippen molar-refractivity contribution >= 4 is 41.3 Å². The number of halogens is 3. The molecule has 1 aromatic heterocycles. The smallest absolute Gasteiger partial charge is 0.387 e. The van der Waals surface area contributed by atoms with Crippen LogP contribution in [0.3, 0.4) is 0 Å². The van der Waals surface area contributed by atoms with Crippen molar-refractivity contribution < 1.29 is 23.0 Å². The molecule has 0 radical (unpaired) electrons. The summed E-state index contributed by atoms with van der Waals surface area (Å²) in [6, 6.07) is 4.88. The van der Waals surface area contributed by atoms with Gasteiger partial charge in [0.15, 0.2) is 17.5 Å². The fourth-order valence-electron chi connectivity index (χ4n) is 2.59. The fourth-order valence-corrected chi connectivity index (χ4v) is 3.43. The van der Waals surface area contributed by atoms with Crippen molar-refractivity contribution in [3.8, 4) is 11.5 Å². The highest BCUT2D eigenvalue weighted by atomic mass is 127. The number of nitrogens with one attached hydrogen (secondary N) is 1. The van der Waals surface area contributed by atoms with E-state index < -0.39 is 6.61 Å². The molecule has 1 heterocycles. The molecule has 1 unspecified atom stereocenters. The molecule has 0 amide bonds. The molecule has 2 rings (SSSR count). The van der Waals surface area contributed by atoms with Crippen LogP contribution in [-0.4, -0.2) is 50.8 Å². The van der Waals surface area contributed by atoms with Crippen molar-refractivity contribution in [1.82, 2.24) is 15.2 Å². The van der Waals surface area contributed by atoms with Crippen LogP contribution >= 0.6 is 35.3 Å². The molecule has 1 N–H and O–H groups in total. The zero-order chi connectivity index (χ0) is 21.4. The van der Waals surface area contributed by atoms with E-state index in [2.05, 4.69) is 20.0 Å². The Bertz CT molecular complexity index is 823. The van der Waals surface area contributed by atoms with Gasteiger partial charge in [0.2, 0.25) is 0 Å². The highest BCUT2D eigenvalue weighted by Crippen LogP contribution is 2.29. The first-order valence-electron chi connectivity index (χ1n) is 8.88. The van der Waals surface area contributed by atoms with Gasteiger partial charge in [0.05, 0.1) is 19.3 Å². The third-order valence-electron chi connectivity index (χ3n) is 4.14. The lowest BCUT2D eigenvalue weighted by Gasteiger charge is -2.21. The van der Waals surface area contributed by atoms with E-state index in [-0.39, 0.29) is 41.6 Å². The second-order valence-corrected chi connectivity index (χ2v) is 7.07. The van der Waals surface area contributed by atoms with Gasteiger partial charge in [0, 0.05) is 33.1 Å². The predicted octanol–water partition coefficient (Wildman–Crippen LogP) is 4.29. The van der Waals surface area contributed by atoms with Crippen LogP contribution < -0.4 is 14.8 Å². The molecule has 0 saturated heterocycles. The number of aromatic nitrogens is 1. The third kappa shape index (κ3) is 7.51. The Labute approximate surface area is 196 Å². The largest absolute Gasteiger partial charge is 0.493 e. The zero-order valence-electron chi connectivity index (χ0n) is 17.5. The Hall–Kier alpha value is -1.73. The van der Waals surface area contributed by atoms with Gasteiger partial charge >= 0.3 is 6.61 Å². The monoisotopic (exact) mass is 556 g/mol. The van der Waals surface area contributed by atoms with Gasteiger partial charge in [0.25, 0.3) is 0 Å². The highest BCUT2D eigenvalue weighted by molar-refractivity contribution is 14.0. The van der Waals surface area contributed by atoms with Gasteiger partial charge < -0.3 is 24.4 Å². The Balaban J connectivity index is 0.00000450. The number of thiazole rings is 1. The van der Waals surface area contributed by atoms with Crippen LogP contribution in [0, 0.1) is 0 Å². The first-order chi connectivity index (χ1) is 13.9. The Kier molecular flexibility index (Phi) is 11.3. The molecule has 1 atom stereocenters. The molecule has 0 aliphatic rings. The van der Waals surface area contributed by atoms with Crippen LogP contribution in [0.15, 0.2) is 28.6 Å². The van der Waals surface area contributed by atoms with E-state index in [1.165, 1.54) is 13.2 Å². The number of nitrogens with zero attached hydrogens (tertiary/aromatic N) is 3. The van der Waals surface area contributed by atoms with Gasteiger partial charge in [-0.05, 0) is 24.6 Å². The van der Waals surface area contributed by atoms with Crippen molar-refractivity contribution in [3.05, 3.63) is 39.8 Å². The van der Waals surface area contributed by atoms with Crippen LogP contribution in [-0.2, 0) is 17.8 Å². The van der Waals surface area contributed by atoms with E-state index in [1.807, 2.05) is 24.3 Å². The lowest BCUT2D eigenvalue weighted by Crippen LogP contribution is -2.38. The normalized spacial score (nSPS) is 12.3. The van der Waals surface area contributed by atoms with Crippen molar-refractivity contribution in [1.29, 1.82) is 0 Å². The minimum Gasteiger partial charge on any atom is -0.493 e. The van der Waals surface area contributed by atoms with E-state index in [4.69, 9.17) is 9.47 Å². The topological polar surface area (TPSA) is 68.2 Å². The SMILES string of the molecule is CN=C(NCc1ccc(OC)c(OC(F)F)c1)N(C)Cc1csc(C(C)OC)n1.I. The Morgan fingerprint density at radius 3 is 2.63 bits per heavy atom. The number of ether oxygens (including phenoxy) is 3. The summed E-state index contributed by atoms with van der Waals surface area (Å²) in [7, 11) is 6.63. The molecule has 0 bridgehead atoms. The zero-order valence-corrected chi connectivity index (χ0v) is 20.7. The van der Waals surface area contributed by atoms with Gasteiger partial charge in [0.1, 0.15) is 11.1 Å². The van der Waals surface area contributed by atoms with Crippen LogP contribution in [0.2, 0.25) is 0 Å². The minimum absolute atomic E-state index is 0. The lowest BCUT2D eigenvalue weighted by atomic mass is 10.2. The molecule has 0 spiro atoms. The number of methoxy groups -OCH3 is 2. The minimum atomic E-state index is -2.92. The second kappa shape index (κ2) is 12.8. The van der Waals surface area contributed by atoms with Gasteiger partial charge in [-0.1, -0.05) is 6.07 Å². The van der Waals surface area contributed by atoms with E-state index in [0.717, 1.165) is 16.3 Å². The molecular formula is C19H27F2IN4O3S. The van der Waals surface area contributed by atoms with Gasteiger partial charge in [-0.25, -0.2) is 4.98 Å². The summed E-state index contributed by atoms with van der Waals surface area (Å²) in [5.41, 5.74) is 1.66. The average molecular weight is 556 g/mol. The quantitative estimate of drug-likeness (QED) is 0.283. The highest BCUT2D eigenvalue weighted by Gasteiger charge is 2.14. The molecule has 168 valence electrons. The molecule has 2 aromatic rings. The average Bonchev–Trinajstić information content (AvgIpc) is 3.16. The summed E-state index contributed by atoms with van der Waals surface area (Å²) in [5.74, 6) is 0.888. The van der Waals surface area contributed by atoms with Crippen molar-refractivity contribution in [2.24, 2.45) is 4.99 Å². The van der Waals surface area contributed by atoms with Crippen LogP contribution in [0.4, 0.5) is 8.78 Å². The third-order valence-corrected chi connectivity index (χ3v) is 5.19. The first-order valence-corrected chi connectivity index (χ1v) is 9.76. The summed E-state index contributed by atoms with van der Waals surface area (Å²) in [4.78, 5) is 10.8. The molecule has 0 saturated carbocycles. The predicted molar refractivity (Wildman–Crippen MR) is 124 cm³/mol. The standard InChI is InChI=1S/C19H26F2N4O3S.HI/c1-12(26-4)17-24-14(11-29-17)10-25(3)19(22-2)23-9-13-6-7-15(27-5)16(8-13)28-18(20)21;/h6-8,11-12,18H,9-10H2,1-5H3,(H,22,23);1H. The van der Waals surface area contributed by atoms with Crippen LogP contribution in [0.25, 0.3) is 0 Å². The fraction of sp³-hybridized carbons (Fsp3) is 0.474. The summed E-state index contributed by atoms with van der Waals surface area (Å²) < 4.78 is 40.1. The Morgan fingerprint density at radius 2 is 2.03 bits per heavy atom. The van der Waals surface area contributed by atoms with Gasteiger partial charge in [-0.15, -0.1) is 35.3 Å². The van der Waals surface area contributed by atoms with Gasteiger partial charge in [-0.3, -0.25) is 4.99 Å². The maximum absolute atomic E-state index is 12.6. The molecular weight excluding hydrogens is 529 g/mol. The molecule has 7 nitrogen and oxygen atoms in total. The lowest BCUT2D eigenvalue weighted by molar-refractivity contribution is -0.0512. The summed E-state index contributed by atoms with van der Waals surface area (Å²) in [6.45, 7) is -0.0263. The first kappa shape index (κ1) is 26.3. The van der Waals surface area contributed by atoms with E-state index in [9.17, 15) is 8.78 Å². The summed E-state index contributed by atoms with van der Waals surface area (Å²) in [5, 5.41) is 6.12. The van der Waals surface area contributed by atoms with E-state index >= 15 is 0 Å². The maximum Gasteiger partial charge on any atom is 0.387 e. The summed E-state index contributed by atoms with van der Waals surface area (Å²) >= 11 is 1.55.